The van der Waals surface area contributed by atoms with Crippen molar-refractivity contribution in [1.29, 1.82) is 0 Å². The Bertz CT molecular complexity index is 496. The van der Waals surface area contributed by atoms with Crippen molar-refractivity contribution < 1.29 is 4.79 Å². The summed E-state index contributed by atoms with van der Waals surface area (Å²) in [5.74, 6) is 0.564. The molecule has 1 aliphatic rings. The molecule has 1 heterocycles. The van der Waals surface area contributed by atoms with E-state index in [1.807, 2.05) is 25.1 Å². The molecule has 0 spiro atoms. The van der Waals surface area contributed by atoms with Crippen LogP contribution in [0.2, 0.25) is 0 Å². The minimum Gasteiger partial charge on any atom is -0.350 e. The molecule has 1 aromatic carbocycles. The normalized spacial score (nSPS) is 17.2. The van der Waals surface area contributed by atoms with E-state index in [0.717, 1.165) is 35.2 Å². The lowest BCUT2D eigenvalue weighted by Gasteiger charge is -2.31. The predicted octanol–water partition coefficient (Wildman–Crippen LogP) is 3.61. The molecule has 0 aromatic heterocycles. The highest BCUT2D eigenvalue weighted by Crippen LogP contribution is 2.19. The third-order valence-electron chi connectivity index (χ3n) is 4.28. The van der Waals surface area contributed by atoms with Crippen molar-refractivity contribution in [2.24, 2.45) is 5.92 Å². The van der Waals surface area contributed by atoms with Crippen molar-refractivity contribution in [3.05, 3.63) is 33.8 Å². The summed E-state index contributed by atoms with van der Waals surface area (Å²) in [6, 6.07) is 6.19. The van der Waals surface area contributed by atoms with Crippen LogP contribution in [0.1, 0.15) is 42.6 Å². The smallest absolute Gasteiger partial charge is 0.251 e. The quantitative estimate of drug-likeness (QED) is 0.877. The molecule has 0 radical (unpaired) electrons. The van der Waals surface area contributed by atoms with Crippen LogP contribution in [0.3, 0.4) is 0 Å². The van der Waals surface area contributed by atoms with E-state index >= 15 is 0 Å². The molecule has 1 unspecified atom stereocenters. The topological polar surface area (TPSA) is 32.3 Å². The summed E-state index contributed by atoms with van der Waals surface area (Å²) in [4.78, 5) is 14.8. The van der Waals surface area contributed by atoms with Gasteiger partial charge in [-0.05, 0) is 56.5 Å². The Hall–Kier alpha value is -0.870. The Morgan fingerprint density at radius 2 is 2.00 bits per heavy atom. The van der Waals surface area contributed by atoms with E-state index < -0.39 is 0 Å². The maximum atomic E-state index is 12.3. The van der Waals surface area contributed by atoms with Crippen molar-refractivity contribution in [3.63, 3.8) is 0 Å². The fourth-order valence-electron chi connectivity index (χ4n) is 2.89. The Morgan fingerprint density at radius 3 is 2.57 bits per heavy atom. The second-order valence-corrected chi connectivity index (χ2v) is 7.08. The number of likely N-dealkylation sites (tertiary alicyclic amines) is 1. The zero-order valence-corrected chi connectivity index (χ0v) is 14.7. The molecule has 2 rings (SSSR count). The summed E-state index contributed by atoms with van der Waals surface area (Å²) in [5, 5.41) is 3.10. The number of nitrogens with zero attached hydrogens (tertiary/aromatic N) is 1. The van der Waals surface area contributed by atoms with E-state index in [0.29, 0.717) is 12.0 Å². The summed E-state index contributed by atoms with van der Waals surface area (Å²) in [7, 11) is 0. The summed E-state index contributed by atoms with van der Waals surface area (Å²) in [5.41, 5.74) is 1.86. The number of carbonyl (C=O) groups is 1. The van der Waals surface area contributed by atoms with Gasteiger partial charge in [-0.3, -0.25) is 9.69 Å². The molecule has 21 heavy (non-hydrogen) atoms. The second kappa shape index (κ2) is 7.41. The highest BCUT2D eigenvalue weighted by Gasteiger charge is 2.25. The van der Waals surface area contributed by atoms with E-state index in [4.69, 9.17) is 0 Å². The highest BCUT2D eigenvalue weighted by atomic mass is 79.9. The van der Waals surface area contributed by atoms with E-state index in [9.17, 15) is 4.79 Å². The zero-order valence-electron chi connectivity index (χ0n) is 13.2. The minimum atomic E-state index is 0.0144. The molecule has 1 aliphatic heterocycles. The van der Waals surface area contributed by atoms with Gasteiger partial charge in [0.15, 0.2) is 0 Å². The molecule has 0 saturated carbocycles. The monoisotopic (exact) mass is 352 g/mol. The van der Waals surface area contributed by atoms with Crippen LogP contribution in [-0.2, 0) is 0 Å². The number of hydrogen-bond donors (Lipinski definition) is 1. The summed E-state index contributed by atoms with van der Waals surface area (Å²) in [6.45, 7) is 9.54. The molecule has 1 saturated heterocycles. The van der Waals surface area contributed by atoms with E-state index in [2.05, 4.69) is 40.0 Å². The second-order valence-electron chi connectivity index (χ2n) is 6.23. The Balaban J connectivity index is 1.96. The van der Waals surface area contributed by atoms with Crippen molar-refractivity contribution in [2.45, 2.75) is 39.7 Å². The van der Waals surface area contributed by atoms with Crippen LogP contribution in [0.15, 0.2) is 22.7 Å². The first-order valence-corrected chi connectivity index (χ1v) is 8.56. The number of amides is 1. The lowest BCUT2D eigenvalue weighted by Crippen LogP contribution is -2.45. The van der Waals surface area contributed by atoms with E-state index in [1.54, 1.807) is 0 Å². The number of hydrogen-bond acceptors (Lipinski definition) is 2. The third-order valence-corrected chi connectivity index (χ3v) is 5.14. The number of nitrogens with one attached hydrogen (secondary N) is 1. The van der Waals surface area contributed by atoms with Gasteiger partial charge < -0.3 is 5.32 Å². The maximum absolute atomic E-state index is 12.3. The lowest BCUT2D eigenvalue weighted by molar-refractivity contribution is 0.0927. The first-order chi connectivity index (χ1) is 9.99. The van der Waals surface area contributed by atoms with Crippen LogP contribution in [0, 0.1) is 12.8 Å². The van der Waals surface area contributed by atoms with Crippen LogP contribution in [0.4, 0.5) is 0 Å². The van der Waals surface area contributed by atoms with Crippen LogP contribution >= 0.6 is 15.9 Å². The summed E-state index contributed by atoms with van der Waals surface area (Å²) < 4.78 is 0.982. The average Bonchev–Trinajstić information content (AvgIpc) is 2.95. The molecule has 1 aromatic rings. The summed E-state index contributed by atoms with van der Waals surface area (Å²) >= 11 is 3.48. The van der Waals surface area contributed by atoms with Gasteiger partial charge in [0.25, 0.3) is 5.91 Å². The van der Waals surface area contributed by atoms with Crippen LogP contribution < -0.4 is 5.32 Å². The van der Waals surface area contributed by atoms with Gasteiger partial charge >= 0.3 is 0 Å². The molecule has 4 heteroatoms. The largest absolute Gasteiger partial charge is 0.350 e. The maximum Gasteiger partial charge on any atom is 0.251 e. The van der Waals surface area contributed by atoms with Gasteiger partial charge in [-0.2, -0.15) is 0 Å². The van der Waals surface area contributed by atoms with E-state index in [1.165, 1.54) is 12.8 Å². The molecule has 1 amide bonds. The van der Waals surface area contributed by atoms with Gasteiger partial charge in [0.2, 0.25) is 0 Å². The fraction of sp³-hybridized carbons (Fsp3) is 0.588. The van der Waals surface area contributed by atoms with Gasteiger partial charge in [0, 0.05) is 22.6 Å². The van der Waals surface area contributed by atoms with Crippen molar-refractivity contribution in [2.75, 3.05) is 19.6 Å². The molecule has 1 atom stereocenters. The molecule has 3 nitrogen and oxygen atoms in total. The van der Waals surface area contributed by atoms with Gasteiger partial charge in [-0.1, -0.05) is 35.8 Å². The molecule has 1 fully saturated rings. The molecule has 116 valence electrons. The number of carbonyl (C=O) groups excluding carboxylic acids is 1. The zero-order chi connectivity index (χ0) is 15.4. The molecule has 1 N–H and O–H groups in total. The average molecular weight is 353 g/mol. The summed E-state index contributed by atoms with van der Waals surface area (Å²) in [6.07, 6.45) is 2.56. The van der Waals surface area contributed by atoms with Crippen LogP contribution in [0.5, 0.6) is 0 Å². The van der Waals surface area contributed by atoms with Crippen LogP contribution in [-0.4, -0.2) is 36.5 Å². The Labute approximate surface area is 136 Å². The number of aryl methyl sites for hydroxylation is 1. The Morgan fingerprint density at radius 1 is 1.33 bits per heavy atom. The highest BCUT2D eigenvalue weighted by molar-refractivity contribution is 9.10. The molecule has 0 aliphatic carbocycles. The molecule has 0 bridgehead atoms. The van der Waals surface area contributed by atoms with Gasteiger partial charge in [0.1, 0.15) is 0 Å². The molecular formula is C17H25BrN2O. The number of rotatable bonds is 5. The third kappa shape index (κ3) is 4.30. The van der Waals surface area contributed by atoms with Crippen molar-refractivity contribution >= 4 is 21.8 Å². The van der Waals surface area contributed by atoms with Gasteiger partial charge in [-0.15, -0.1) is 0 Å². The lowest BCUT2D eigenvalue weighted by atomic mass is 10.0. The fourth-order valence-corrected chi connectivity index (χ4v) is 3.27. The SMILES string of the molecule is Cc1ccc(C(=O)NCC(C(C)C)N2CCCC2)cc1Br. The first-order valence-electron chi connectivity index (χ1n) is 7.77. The Kier molecular flexibility index (Phi) is 5.82. The van der Waals surface area contributed by atoms with Gasteiger partial charge in [0.05, 0.1) is 0 Å². The van der Waals surface area contributed by atoms with Crippen molar-refractivity contribution in [3.8, 4) is 0 Å². The van der Waals surface area contributed by atoms with Crippen LogP contribution in [0.25, 0.3) is 0 Å². The number of halogens is 1. The van der Waals surface area contributed by atoms with Gasteiger partial charge in [-0.25, -0.2) is 0 Å². The standard InChI is InChI=1S/C17H25BrN2O/c1-12(2)16(20-8-4-5-9-20)11-19-17(21)14-7-6-13(3)15(18)10-14/h6-7,10,12,16H,4-5,8-9,11H2,1-3H3,(H,19,21). The minimum absolute atomic E-state index is 0.0144. The number of benzene rings is 1. The van der Waals surface area contributed by atoms with Crippen molar-refractivity contribution in [1.82, 2.24) is 10.2 Å². The van der Waals surface area contributed by atoms with E-state index in [-0.39, 0.29) is 5.91 Å². The predicted molar refractivity (Wildman–Crippen MR) is 90.6 cm³/mol. The molecular weight excluding hydrogens is 328 g/mol. The first kappa shape index (κ1) is 16.5.